The van der Waals surface area contributed by atoms with E-state index in [1.165, 1.54) is 32.1 Å². The van der Waals surface area contributed by atoms with Gasteiger partial charge in [-0.1, -0.05) is 32.1 Å². The van der Waals surface area contributed by atoms with Crippen molar-refractivity contribution in [3.8, 4) is 0 Å². The molecule has 1 aromatic heterocycles. The Balaban J connectivity index is 0.000000313. The standard InChI is InChI=1S/C19H30O4S.C5H5N/c1-18-9-3-4-16(18)15-6-5-13-12-14(23-24(20,21)22)7-11-19(13,2)17(15)8-10-18;1-2-4-6-5-3-1/h3,9,13-17H,4-8,10-12H2,1-2H3,(H,20,21,22);1-5H/t13-,14-,15+,16+,17+,18+,19+;/m1./s1. The van der Waals surface area contributed by atoms with E-state index in [2.05, 4.69) is 31.0 Å². The molecule has 0 bridgehead atoms. The Morgan fingerprint density at radius 2 is 1.77 bits per heavy atom. The van der Waals surface area contributed by atoms with Gasteiger partial charge in [-0.2, -0.15) is 8.42 Å². The highest BCUT2D eigenvalue weighted by molar-refractivity contribution is 7.80. The molecule has 5 nitrogen and oxygen atoms in total. The summed E-state index contributed by atoms with van der Waals surface area (Å²) >= 11 is 0. The number of hydrogen-bond acceptors (Lipinski definition) is 4. The SMILES string of the molecule is C[C@]12CC[C@@H](OS(=O)(=O)O)C[C@H]1CC[C@@H]1[C@@H]2CC[C@]2(C)C=CC[C@@H]12.c1ccncc1. The maximum absolute atomic E-state index is 11.1. The van der Waals surface area contributed by atoms with Gasteiger partial charge in [0.1, 0.15) is 0 Å². The Morgan fingerprint density at radius 1 is 1.00 bits per heavy atom. The number of rotatable bonds is 2. The van der Waals surface area contributed by atoms with Crippen LogP contribution in [0.4, 0.5) is 0 Å². The average molecular weight is 434 g/mol. The van der Waals surface area contributed by atoms with E-state index in [1.807, 2.05) is 18.2 Å². The summed E-state index contributed by atoms with van der Waals surface area (Å²) in [7, 11) is -4.33. The molecule has 0 spiro atoms. The summed E-state index contributed by atoms with van der Waals surface area (Å²) in [6.45, 7) is 4.89. The molecule has 0 aliphatic heterocycles. The van der Waals surface area contributed by atoms with E-state index in [4.69, 9.17) is 8.74 Å². The van der Waals surface area contributed by atoms with Gasteiger partial charge in [0.25, 0.3) is 0 Å². The summed E-state index contributed by atoms with van der Waals surface area (Å²) in [4.78, 5) is 3.78. The van der Waals surface area contributed by atoms with Crippen molar-refractivity contribution in [1.82, 2.24) is 4.98 Å². The van der Waals surface area contributed by atoms with Crippen LogP contribution in [0.2, 0.25) is 0 Å². The molecule has 7 atom stereocenters. The first kappa shape index (κ1) is 22.0. The van der Waals surface area contributed by atoms with Crippen LogP contribution in [-0.4, -0.2) is 24.1 Å². The van der Waals surface area contributed by atoms with Gasteiger partial charge in [-0.25, -0.2) is 4.18 Å². The van der Waals surface area contributed by atoms with E-state index in [0.29, 0.717) is 16.7 Å². The third-order valence-electron chi connectivity index (χ3n) is 8.77. The number of aromatic nitrogens is 1. The first-order valence-electron chi connectivity index (χ1n) is 11.4. The van der Waals surface area contributed by atoms with E-state index >= 15 is 0 Å². The van der Waals surface area contributed by atoms with Crippen LogP contribution in [0, 0.1) is 34.5 Å². The predicted molar refractivity (Wildman–Crippen MR) is 117 cm³/mol. The number of hydrogen-bond donors (Lipinski definition) is 1. The summed E-state index contributed by atoms with van der Waals surface area (Å²) in [5.41, 5.74) is 0.724. The van der Waals surface area contributed by atoms with Crippen molar-refractivity contribution >= 4 is 10.4 Å². The zero-order valence-electron chi connectivity index (χ0n) is 18.1. The van der Waals surface area contributed by atoms with E-state index < -0.39 is 10.4 Å². The third-order valence-corrected chi connectivity index (χ3v) is 9.28. The molecule has 0 saturated heterocycles. The second-order valence-electron chi connectivity index (χ2n) is 10.3. The van der Waals surface area contributed by atoms with Crippen LogP contribution in [0.5, 0.6) is 0 Å². The van der Waals surface area contributed by atoms with E-state index in [0.717, 1.165) is 37.0 Å². The van der Waals surface area contributed by atoms with Crippen molar-refractivity contribution in [2.24, 2.45) is 34.5 Å². The molecule has 1 N–H and O–H groups in total. The van der Waals surface area contributed by atoms with Crippen LogP contribution in [-0.2, 0) is 14.6 Å². The van der Waals surface area contributed by atoms with Crippen molar-refractivity contribution in [1.29, 1.82) is 0 Å². The molecule has 4 aliphatic rings. The minimum atomic E-state index is -4.33. The molecule has 6 heteroatoms. The highest BCUT2D eigenvalue weighted by atomic mass is 32.3. The lowest BCUT2D eigenvalue weighted by molar-refractivity contribution is -0.113. The molecular weight excluding hydrogens is 398 g/mol. The van der Waals surface area contributed by atoms with Gasteiger partial charge >= 0.3 is 10.4 Å². The monoisotopic (exact) mass is 433 g/mol. The van der Waals surface area contributed by atoms with Crippen molar-refractivity contribution in [3.63, 3.8) is 0 Å². The Bertz CT molecular complexity index is 831. The predicted octanol–water partition coefficient (Wildman–Crippen LogP) is 5.46. The van der Waals surface area contributed by atoms with Crippen LogP contribution in [0.3, 0.4) is 0 Å². The molecule has 30 heavy (non-hydrogen) atoms. The quantitative estimate of drug-likeness (QED) is 0.495. The molecule has 166 valence electrons. The minimum absolute atomic E-state index is 0.311. The largest absolute Gasteiger partial charge is 0.397 e. The first-order valence-corrected chi connectivity index (χ1v) is 12.8. The van der Waals surface area contributed by atoms with Crippen LogP contribution in [0.1, 0.15) is 65.2 Å². The van der Waals surface area contributed by atoms with Crippen molar-refractivity contribution in [2.75, 3.05) is 0 Å². The summed E-state index contributed by atoms with van der Waals surface area (Å²) < 4.78 is 36.0. The number of allylic oxidation sites excluding steroid dienone is 2. The summed E-state index contributed by atoms with van der Waals surface area (Å²) in [6, 6.07) is 5.72. The van der Waals surface area contributed by atoms with Crippen molar-refractivity contribution < 1.29 is 17.2 Å². The zero-order chi connectivity index (χ0) is 21.4. The number of pyridine rings is 1. The molecule has 0 aromatic carbocycles. The van der Waals surface area contributed by atoms with Crippen LogP contribution in [0.25, 0.3) is 0 Å². The normalized spacial score (nSPS) is 42.3. The first-order chi connectivity index (χ1) is 14.2. The van der Waals surface area contributed by atoms with E-state index in [9.17, 15) is 8.42 Å². The van der Waals surface area contributed by atoms with E-state index in [-0.39, 0.29) is 6.10 Å². The fourth-order valence-electron chi connectivity index (χ4n) is 7.27. The smallest absolute Gasteiger partial charge is 0.265 e. The fraction of sp³-hybridized carbons (Fsp3) is 0.708. The van der Waals surface area contributed by atoms with Gasteiger partial charge in [0.2, 0.25) is 0 Å². The Kier molecular flexibility index (Phi) is 6.12. The lowest BCUT2D eigenvalue weighted by atomic mass is 9.45. The molecule has 0 unspecified atom stereocenters. The van der Waals surface area contributed by atoms with Gasteiger partial charge in [0.05, 0.1) is 6.10 Å². The van der Waals surface area contributed by atoms with Crippen molar-refractivity contribution in [2.45, 2.75) is 71.3 Å². The molecule has 5 rings (SSSR count). The molecular formula is C24H35NO4S. The molecule has 1 heterocycles. The van der Waals surface area contributed by atoms with Gasteiger partial charge < -0.3 is 0 Å². The molecule has 4 aliphatic carbocycles. The van der Waals surface area contributed by atoms with E-state index in [1.54, 1.807) is 12.4 Å². The Hall–Kier alpha value is -1.24. The molecule has 1 aromatic rings. The van der Waals surface area contributed by atoms with Gasteiger partial charge in [-0.05, 0) is 98.0 Å². The van der Waals surface area contributed by atoms with Crippen LogP contribution < -0.4 is 0 Å². The van der Waals surface area contributed by atoms with Crippen LogP contribution in [0.15, 0.2) is 42.7 Å². The third kappa shape index (κ3) is 4.37. The van der Waals surface area contributed by atoms with Gasteiger partial charge in [0.15, 0.2) is 0 Å². The maximum atomic E-state index is 11.1. The fourth-order valence-corrected chi connectivity index (χ4v) is 7.79. The number of nitrogens with zero attached hydrogens (tertiary/aromatic N) is 1. The lowest BCUT2D eigenvalue weighted by Crippen LogP contribution is -2.53. The highest BCUT2D eigenvalue weighted by Gasteiger charge is 2.57. The highest BCUT2D eigenvalue weighted by Crippen LogP contribution is 2.65. The Morgan fingerprint density at radius 3 is 2.40 bits per heavy atom. The van der Waals surface area contributed by atoms with Gasteiger partial charge in [0, 0.05) is 12.4 Å². The molecule has 3 saturated carbocycles. The Labute approximate surface area is 181 Å². The van der Waals surface area contributed by atoms with Gasteiger partial charge in [-0.15, -0.1) is 0 Å². The summed E-state index contributed by atoms with van der Waals surface area (Å²) in [5.74, 6) is 2.92. The average Bonchev–Trinajstić information content (AvgIpc) is 3.11. The zero-order valence-corrected chi connectivity index (χ0v) is 18.9. The van der Waals surface area contributed by atoms with Crippen LogP contribution >= 0.6 is 0 Å². The maximum Gasteiger partial charge on any atom is 0.397 e. The van der Waals surface area contributed by atoms with Gasteiger partial charge in [-0.3, -0.25) is 9.54 Å². The lowest BCUT2D eigenvalue weighted by Gasteiger charge is -2.60. The summed E-state index contributed by atoms with van der Waals surface area (Å²) in [5, 5.41) is 0. The summed E-state index contributed by atoms with van der Waals surface area (Å²) in [6.07, 6.45) is 16.9. The minimum Gasteiger partial charge on any atom is -0.265 e. The topological polar surface area (TPSA) is 76.5 Å². The number of fused-ring (bicyclic) bond motifs is 5. The van der Waals surface area contributed by atoms with Crippen molar-refractivity contribution in [3.05, 3.63) is 42.7 Å². The molecule has 3 fully saturated rings. The second kappa shape index (κ2) is 8.36. The molecule has 0 radical (unpaired) electrons. The molecule has 0 amide bonds. The second-order valence-corrected chi connectivity index (χ2v) is 11.3.